The molecule has 41 heavy (non-hydrogen) atoms. The zero-order valence-corrected chi connectivity index (χ0v) is 25.0. The third-order valence-electron chi connectivity index (χ3n) is 8.84. The fourth-order valence-electron chi connectivity index (χ4n) is 6.72. The molecule has 2 heterocycles. The maximum absolute atomic E-state index is 13.6. The summed E-state index contributed by atoms with van der Waals surface area (Å²) in [4.78, 5) is 16.0. The Kier molecular flexibility index (Phi) is 9.68. The summed E-state index contributed by atoms with van der Waals surface area (Å²) < 4.78 is 2.47. The zero-order chi connectivity index (χ0) is 27.3. The number of aryl methyl sites for hydroxylation is 1. The lowest BCUT2D eigenvalue weighted by Gasteiger charge is -2.29. The van der Waals surface area contributed by atoms with Crippen molar-refractivity contribution in [3.05, 3.63) is 95.7 Å². The highest BCUT2D eigenvalue weighted by molar-refractivity contribution is 5.93. The maximum atomic E-state index is 13.6. The molecule has 216 valence electrons. The van der Waals surface area contributed by atoms with Crippen molar-refractivity contribution in [3.8, 4) is 0 Å². The Labute approximate surface area is 250 Å². The first-order valence-corrected chi connectivity index (χ1v) is 15.1. The third-order valence-corrected chi connectivity index (χ3v) is 8.84. The number of amides is 1. The summed E-state index contributed by atoms with van der Waals surface area (Å²) in [6, 6.07) is 25.7. The van der Waals surface area contributed by atoms with Gasteiger partial charge >= 0.3 is 0 Å². The molecule has 0 spiro atoms. The average molecular weight is 571 g/mol. The Balaban J connectivity index is 0.00000337. The fourth-order valence-corrected chi connectivity index (χ4v) is 6.72. The lowest BCUT2D eigenvalue weighted by molar-refractivity contribution is -0.116. The number of benzene rings is 3. The minimum atomic E-state index is -0.0162. The second-order valence-corrected chi connectivity index (χ2v) is 11.8. The van der Waals surface area contributed by atoms with E-state index in [1.165, 1.54) is 65.4 Å². The average Bonchev–Trinajstić information content (AvgIpc) is 3.35. The van der Waals surface area contributed by atoms with Crippen molar-refractivity contribution in [3.63, 3.8) is 0 Å². The third kappa shape index (κ3) is 6.97. The molecule has 6 rings (SSSR count). The number of fused-ring (bicyclic) bond motifs is 1. The van der Waals surface area contributed by atoms with Crippen LogP contribution in [0, 0.1) is 12.8 Å². The van der Waals surface area contributed by atoms with E-state index in [2.05, 4.69) is 93.9 Å². The van der Waals surface area contributed by atoms with Gasteiger partial charge in [-0.25, -0.2) is 0 Å². The quantitative estimate of drug-likeness (QED) is 0.230. The Hall–Kier alpha value is -3.28. The molecule has 2 fully saturated rings. The number of anilines is 2. The molecule has 1 saturated heterocycles. The van der Waals surface area contributed by atoms with Crippen LogP contribution in [0.25, 0.3) is 10.9 Å². The van der Waals surface area contributed by atoms with Gasteiger partial charge in [-0.15, -0.1) is 12.4 Å². The number of carbonyl (C=O) groups excluding carboxylic acids is 1. The molecule has 1 amide bonds. The second kappa shape index (κ2) is 13.6. The number of para-hydroxylation sites is 1. The number of rotatable bonds is 8. The van der Waals surface area contributed by atoms with Crippen molar-refractivity contribution in [1.29, 1.82) is 0 Å². The Morgan fingerprint density at radius 3 is 2.46 bits per heavy atom. The summed E-state index contributed by atoms with van der Waals surface area (Å²) in [5.41, 5.74) is 7.02. The fraction of sp³-hybridized carbons (Fsp3) is 0.400. The molecule has 2 N–H and O–H groups in total. The molecule has 1 aliphatic heterocycles. The van der Waals surface area contributed by atoms with Crippen molar-refractivity contribution in [1.82, 2.24) is 9.88 Å². The first-order valence-electron chi connectivity index (χ1n) is 15.1. The SMILES string of the molecule is Cc1cccc(C(CC(=O)Nc2ccc(N3CCNCC3)cc2)c2cn(CC3CCCCC3)c3ccccc23)c1.Cl. The van der Waals surface area contributed by atoms with Gasteiger partial charge in [0, 0.05) is 73.5 Å². The van der Waals surface area contributed by atoms with Gasteiger partial charge in [0.1, 0.15) is 0 Å². The molecule has 1 unspecified atom stereocenters. The van der Waals surface area contributed by atoms with Gasteiger partial charge in [-0.05, 0) is 67.1 Å². The van der Waals surface area contributed by atoms with Crippen molar-refractivity contribution >= 4 is 40.6 Å². The Morgan fingerprint density at radius 1 is 0.951 bits per heavy atom. The summed E-state index contributed by atoms with van der Waals surface area (Å²) in [7, 11) is 0. The number of hydrogen-bond acceptors (Lipinski definition) is 3. The molecular weight excluding hydrogens is 528 g/mol. The first kappa shape index (κ1) is 29.2. The molecule has 1 saturated carbocycles. The Bertz CT molecular complexity index is 1430. The van der Waals surface area contributed by atoms with Crippen LogP contribution in [0.4, 0.5) is 11.4 Å². The van der Waals surface area contributed by atoms with Crippen LogP contribution in [0.2, 0.25) is 0 Å². The van der Waals surface area contributed by atoms with Gasteiger partial charge in [-0.2, -0.15) is 0 Å². The minimum absolute atomic E-state index is 0. The van der Waals surface area contributed by atoms with E-state index >= 15 is 0 Å². The number of piperazine rings is 1. The van der Waals surface area contributed by atoms with E-state index in [1.807, 2.05) is 12.1 Å². The predicted octanol–water partition coefficient (Wildman–Crippen LogP) is 7.52. The summed E-state index contributed by atoms with van der Waals surface area (Å²) in [6.07, 6.45) is 9.45. The van der Waals surface area contributed by atoms with Crippen LogP contribution in [0.1, 0.15) is 61.1 Å². The number of nitrogens with one attached hydrogen (secondary N) is 2. The lowest BCUT2D eigenvalue weighted by atomic mass is 9.87. The van der Waals surface area contributed by atoms with E-state index in [-0.39, 0.29) is 24.2 Å². The lowest BCUT2D eigenvalue weighted by Crippen LogP contribution is -2.43. The van der Waals surface area contributed by atoms with Gasteiger partial charge in [0.2, 0.25) is 5.91 Å². The van der Waals surface area contributed by atoms with Crippen molar-refractivity contribution < 1.29 is 4.79 Å². The van der Waals surface area contributed by atoms with E-state index in [1.54, 1.807) is 0 Å². The first-order chi connectivity index (χ1) is 19.6. The van der Waals surface area contributed by atoms with Crippen molar-refractivity contribution in [2.45, 2.75) is 57.9 Å². The largest absolute Gasteiger partial charge is 0.369 e. The molecule has 0 radical (unpaired) electrons. The predicted molar refractivity (Wildman–Crippen MR) is 174 cm³/mol. The topological polar surface area (TPSA) is 49.3 Å². The number of halogens is 1. The van der Waals surface area contributed by atoms with E-state index in [0.717, 1.165) is 44.3 Å². The van der Waals surface area contributed by atoms with Crippen LogP contribution in [0.15, 0.2) is 79.0 Å². The summed E-state index contributed by atoms with van der Waals surface area (Å²) >= 11 is 0. The van der Waals surface area contributed by atoms with Gasteiger partial charge in [0.15, 0.2) is 0 Å². The van der Waals surface area contributed by atoms with Gasteiger partial charge in [0.25, 0.3) is 0 Å². The number of aromatic nitrogens is 1. The smallest absolute Gasteiger partial charge is 0.225 e. The second-order valence-electron chi connectivity index (χ2n) is 11.8. The molecule has 6 heteroatoms. The highest BCUT2D eigenvalue weighted by atomic mass is 35.5. The Morgan fingerprint density at radius 2 is 1.71 bits per heavy atom. The van der Waals surface area contributed by atoms with Crippen LogP contribution < -0.4 is 15.5 Å². The molecule has 1 atom stereocenters. The standard InChI is InChI=1S/C35H42N4O.ClH/c1-26-8-7-11-28(22-26)32(23-35(40)37-29-14-16-30(17-15-29)38-20-18-36-19-21-38)33-25-39(24-27-9-3-2-4-10-27)34-13-6-5-12-31(33)34;/h5-8,11-17,22,25,27,32,36H,2-4,9-10,18-21,23-24H2,1H3,(H,37,40);1H. The number of nitrogens with zero attached hydrogens (tertiary/aromatic N) is 2. The molecule has 5 nitrogen and oxygen atoms in total. The van der Waals surface area contributed by atoms with E-state index in [4.69, 9.17) is 0 Å². The molecule has 4 aromatic rings. The van der Waals surface area contributed by atoms with Crippen LogP contribution in [0.5, 0.6) is 0 Å². The molecule has 1 aromatic heterocycles. The van der Waals surface area contributed by atoms with E-state index in [0.29, 0.717) is 6.42 Å². The van der Waals surface area contributed by atoms with Crippen LogP contribution >= 0.6 is 12.4 Å². The van der Waals surface area contributed by atoms with Gasteiger partial charge < -0.3 is 20.1 Å². The minimum Gasteiger partial charge on any atom is -0.369 e. The molecule has 3 aromatic carbocycles. The summed E-state index contributed by atoms with van der Waals surface area (Å²) in [5.74, 6) is 0.769. The molecule has 2 aliphatic rings. The van der Waals surface area contributed by atoms with Crippen molar-refractivity contribution in [2.75, 3.05) is 36.4 Å². The highest BCUT2D eigenvalue weighted by Gasteiger charge is 2.24. The highest BCUT2D eigenvalue weighted by Crippen LogP contribution is 2.37. The van der Waals surface area contributed by atoms with E-state index in [9.17, 15) is 4.79 Å². The maximum Gasteiger partial charge on any atom is 0.225 e. The summed E-state index contributed by atoms with van der Waals surface area (Å²) in [6.45, 7) is 7.24. The van der Waals surface area contributed by atoms with Gasteiger partial charge in [0.05, 0.1) is 0 Å². The molecular formula is C35H43ClN4O. The summed E-state index contributed by atoms with van der Waals surface area (Å²) in [5, 5.41) is 7.87. The number of carbonyl (C=O) groups is 1. The van der Waals surface area contributed by atoms with E-state index < -0.39 is 0 Å². The van der Waals surface area contributed by atoms with Gasteiger partial charge in [-0.1, -0.05) is 67.3 Å². The van der Waals surface area contributed by atoms with Crippen LogP contribution in [-0.2, 0) is 11.3 Å². The zero-order valence-electron chi connectivity index (χ0n) is 24.1. The number of hydrogen-bond donors (Lipinski definition) is 2. The van der Waals surface area contributed by atoms with Crippen LogP contribution in [-0.4, -0.2) is 36.7 Å². The normalized spacial score (nSPS) is 16.8. The van der Waals surface area contributed by atoms with Crippen LogP contribution in [0.3, 0.4) is 0 Å². The van der Waals surface area contributed by atoms with Crippen molar-refractivity contribution in [2.24, 2.45) is 5.92 Å². The monoisotopic (exact) mass is 570 g/mol. The molecule has 1 aliphatic carbocycles. The molecule has 0 bridgehead atoms. The van der Waals surface area contributed by atoms with Gasteiger partial charge in [-0.3, -0.25) is 4.79 Å².